The van der Waals surface area contributed by atoms with E-state index in [1.165, 1.54) is 61.1 Å². The summed E-state index contributed by atoms with van der Waals surface area (Å²) in [6.45, 7) is 5.54. The van der Waals surface area contributed by atoms with Crippen LogP contribution in [0.15, 0.2) is 101 Å². The molecule has 6 rings (SSSR count). The first kappa shape index (κ1) is 40.2. The summed E-state index contributed by atoms with van der Waals surface area (Å²) in [6.07, 6.45) is -3.22. The van der Waals surface area contributed by atoms with Gasteiger partial charge in [0.15, 0.2) is 0 Å². The van der Waals surface area contributed by atoms with Crippen molar-refractivity contribution in [3.05, 3.63) is 118 Å². The largest absolute Gasteiger partial charge is 0.744 e. The summed E-state index contributed by atoms with van der Waals surface area (Å²) in [5.74, 6) is -0.311. The van der Waals surface area contributed by atoms with Gasteiger partial charge in [-0.05, 0) is 74.5 Å². The number of aromatic nitrogens is 4. The Kier molecular flexibility index (Phi) is 11.5. The van der Waals surface area contributed by atoms with E-state index in [4.69, 9.17) is 0 Å². The molecule has 5 aromatic rings. The van der Waals surface area contributed by atoms with Crippen LogP contribution in [0.1, 0.15) is 23.7 Å². The molecule has 0 bridgehead atoms. The number of nitriles is 1. The van der Waals surface area contributed by atoms with Crippen molar-refractivity contribution in [1.29, 1.82) is 5.26 Å². The van der Waals surface area contributed by atoms with Crippen LogP contribution in [0.4, 0.5) is 18.0 Å². The number of benzene rings is 3. The summed E-state index contributed by atoms with van der Waals surface area (Å²) in [7, 11) is -0.112. The van der Waals surface area contributed by atoms with Crippen molar-refractivity contribution in [2.24, 2.45) is 0 Å². The normalized spacial score (nSPS) is 14.6. The second-order valence-corrected chi connectivity index (χ2v) is 14.7. The van der Waals surface area contributed by atoms with Crippen molar-refractivity contribution in [1.82, 2.24) is 29.1 Å². The zero-order valence-corrected chi connectivity index (χ0v) is 31.0. The fraction of sp³-hybridized carbons (Fsp3) is 0.270. The average Bonchev–Trinajstić information content (AvgIpc) is 3.72. The fourth-order valence-corrected chi connectivity index (χ4v) is 6.48. The van der Waals surface area contributed by atoms with Crippen LogP contribution < -0.4 is 11.0 Å². The number of quaternary nitrogens is 1. The van der Waals surface area contributed by atoms with Gasteiger partial charge < -0.3 is 19.3 Å². The van der Waals surface area contributed by atoms with Crippen LogP contribution in [0, 0.1) is 18.3 Å². The zero-order chi connectivity index (χ0) is 40.3. The van der Waals surface area contributed by atoms with Gasteiger partial charge in [0.25, 0.3) is 0 Å². The Morgan fingerprint density at radius 3 is 2.16 bits per heavy atom. The molecule has 1 saturated heterocycles. The Morgan fingerprint density at radius 1 is 0.964 bits per heavy atom. The highest BCUT2D eigenvalue weighted by atomic mass is 32.2. The van der Waals surface area contributed by atoms with E-state index in [1.807, 2.05) is 6.07 Å². The Bertz CT molecular complexity index is 2410. The van der Waals surface area contributed by atoms with Crippen molar-refractivity contribution in [3.8, 4) is 28.8 Å². The fourth-order valence-electron chi connectivity index (χ4n) is 5.99. The lowest BCUT2D eigenvalue weighted by Gasteiger charge is -2.39. The molecule has 1 atom stereocenters. The maximum absolute atomic E-state index is 14.0. The summed E-state index contributed by atoms with van der Waals surface area (Å²) in [5.41, 5.74) is -0.555. The summed E-state index contributed by atoms with van der Waals surface area (Å²) >= 11 is 0. The van der Waals surface area contributed by atoms with Gasteiger partial charge >= 0.3 is 17.9 Å². The molecule has 1 aliphatic heterocycles. The minimum Gasteiger partial charge on any atom is -0.744 e. The van der Waals surface area contributed by atoms with E-state index in [1.54, 1.807) is 41.3 Å². The lowest BCUT2D eigenvalue weighted by Crippen LogP contribution is -2.59. The number of likely N-dealkylation sites (N-methyl/N-ethyl adjacent to an activating group) is 1. The van der Waals surface area contributed by atoms with Gasteiger partial charge in [0.2, 0.25) is 5.91 Å². The van der Waals surface area contributed by atoms with Crippen molar-refractivity contribution >= 4 is 22.1 Å². The van der Waals surface area contributed by atoms with E-state index < -0.39 is 39.6 Å². The minimum atomic E-state index is -4.66. The van der Waals surface area contributed by atoms with Crippen molar-refractivity contribution in [2.45, 2.75) is 31.0 Å². The van der Waals surface area contributed by atoms with Gasteiger partial charge in [-0.3, -0.25) is 9.36 Å². The first-order valence-electron chi connectivity index (χ1n) is 16.8. The molecule has 0 radical (unpaired) electrons. The molecule has 3 aromatic carbocycles. The summed E-state index contributed by atoms with van der Waals surface area (Å²) < 4.78 is 75.7. The van der Waals surface area contributed by atoms with Gasteiger partial charge in [-0.25, -0.2) is 27.3 Å². The van der Waals surface area contributed by atoms with Crippen LogP contribution in [0.2, 0.25) is 0 Å². The summed E-state index contributed by atoms with van der Waals surface area (Å²) in [6, 6.07) is 19.5. The first-order valence-corrected chi connectivity index (χ1v) is 18.2. The number of hydrogen-bond donors (Lipinski definition) is 1. The predicted molar refractivity (Wildman–Crippen MR) is 193 cm³/mol. The van der Waals surface area contributed by atoms with E-state index in [0.717, 1.165) is 38.8 Å². The van der Waals surface area contributed by atoms with Crippen LogP contribution in [0.25, 0.3) is 22.8 Å². The molecule has 1 N–H and O–H groups in total. The molecule has 18 heteroatoms. The third-order valence-corrected chi connectivity index (χ3v) is 9.90. The Hall–Kier alpha value is -6.03. The maximum Gasteiger partial charge on any atom is 0.416 e. The van der Waals surface area contributed by atoms with Crippen molar-refractivity contribution < 1.29 is 40.2 Å². The minimum absolute atomic E-state index is 0.0634. The number of carbonyl (C=O) groups is 2. The second-order valence-electron chi connectivity index (χ2n) is 13.4. The lowest BCUT2D eigenvalue weighted by molar-refractivity contribution is -0.894. The molecule has 14 nitrogen and oxygen atoms in total. The van der Waals surface area contributed by atoms with E-state index in [-0.39, 0.29) is 33.6 Å². The quantitative estimate of drug-likeness (QED) is 0.198. The maximum atomic E-state index is 14.0. The smallest absolute Gasteiger partial charge is 0.416 e. The third kappa shape index (κ3) is 9.03. The van der Waals surface area contributed by atoms with Crippen LogP contribution in [-0.2, 0) is 21.1 Å². The number of amides is 2. The number of imidazole rings is 1. The van der Waals surface area contributed by atoms with Crippen molar-refractivity contribution in [3.63, 3.8) is 0 Å². The predicted octanol–water partition coefficient (Wildman–Crippen LogP) is 4.15. The van der Waals surface area contributed by atoms with E-state index in [2.05, 4.69) is 24.5 Å². The SMILES string of the molecule is Cc1c(-c2ccnn2-c2ccc(C#N)cc2)n(C(=O)N[C@@H](C)C(=O)N2CC[N+](C)(C)CC2)c(=O)n1-c1cccc(C(F)(F)F)c1.O=S(=O)([O-])c1ccccc1. The standard InChI is InChI=1S/C31H31F3N8O3.C6H6O3S/c1-20(28(43)38-14-16-42(3,4)17-15-38)37-29(44)40-27(26-12-13-36-41(26)24-10-8-22(19-35)9-11-24)21(2)39(30(40)45)25-7-5-6-23(18-25)31(32,33)34;7-10(8,9)6-4-2-1-3-5-6/h5-13,18,20H,14-17H2,1-4H3;1-5H,(H,7,8,9)/t20-;/m0./s1. The highest BCUT2D eigenvalue weighted by Gasteiger charge is 2.34. The monoisotopic (exact) mass is 778 g/mol. The number of alkyl halides is 3. The Labute approximate surface area is 314 Å². The first-order chi connectivity index (χ1) is 25.8. The van der Waals surface area contributed by atoms with Gasteiger partial charge in [-0.2, -0.15) is 23.5 Å². The van der Waals surface area contributed by atoms with Gasteiger partial charge in [0.05, 0.1) is 91.3 Å². The molecule has 0 unspecified atom stereocenters. The summed E-state index contributed by atoms with van der Waals surface area (Å²) in [4.78, 5) is 42.6. The Morgan fingerprint density at radius 2 is 1.60 bits per heavy atom. The molecule has 1 fully saturated rings. The van der Waals surface area contributed by atoms with E-state index in [9.17, 15) is 45.8 Å². The highest BCUT2D eigenvalue weighted by Crippen LogP contribution is 2.32. The third-order valence-electron chi connectivity index (χ3n) is 9.05. The molecule has 3 heterocycles. The molecule has 55 heavy (non-hydrogen) atoms. The molecule has 0 spiro atoms. The number of nitrogens with zero attached hydrogens (tertiary/aromatic N) is 7. The van der Waals surface area contributed by atoms with Gasteiger partial charge in [-0.1, -0.05) is 24.3 Å². The molecule has 288 valence electrons. The number of carbonyl (C=O) groups excluding carboxylic acids is 2. The topological polar surface area (TPSA) is 175 Å². The molecular formula is C37H37F3N8O6S. The number of rotatable bonds is 6. The lowest BCUT2D eigenvalue weighted by atomic mass is 10.2. The van der Waals surface area contributed by atoms with Crippen LogP contribution in [-0.4, -0.2) is 99.5 Å². The Balaban J connectivity index is 0.000000504. The molecule has 2 amide bonds. The van der Waals surface area contributed by atoms with Gasteiger partial charge in [-0.15, -0.1) is 0 Å². The van der Waals surface area contributed by atoms with Crippen LogP contribution in [0.3, 0.4) is 0 Å². The van der Waals surface area contributed by atoms with Crippen LogP contribution in [0.5, 0.6) is 0 Å². The highest BCUT2D eigenvalue weighted by molar-refractivity contribution is 7.85. The van der Waals surface area contributed by atoms with Gasteiger partial charge in [0, 0.05) is 0 Å². The molecule has 1 aliphatic rings. The molecule has 2 aromatic heterocycles. The van der Waals surface area contributed by atoms with E-state index >= 15 is 0 Å². The number of piperazine rings is 1. The van der Waals surface area contributed by atoms with Crippen LogP contribution >= 0.6 is 0 Å². The summed E-state index contributed by atoms with van der Waals surface area (Å²) in [5, 5.41) is 16.2. The average molecular weight is 779 g/mol. The molecule has 0 saturated carbocycles. The van der Waals surface area contributed by atoms with Crippen molar-refractivity contribution in [2.75, 3.05) is 40.3 Å². The number of nitrogens with one attached hydrogen (secondary N) is 1. The zero-order valence-electron chi connectivity index (χ0n) is 30.2. The molecule has 0 aliphatic carbocycles. The number of halogens is 3. The number of hydrogen-bond acceptors (Lipinski definition) is 8. The molecular weight excluding hydrogens is 742 g/mol. The van der Waals surface area contributed by atoms with E-state index in [0.29, 0.717) is 24.3 Å². The van der Waals surface area contributed by atoms with Gasteiger partial charge in [0.1, 0.15) is 21.9 Å². The second kappa shape index (κ2) is 15.8.